The molecule has 1 aromatic carbocycles. The summed E-state index contributed by atoms with van der Waals surface area (Å²) in [5.74, 6) is -0.349. The standard InChI is InChI=1S/C15H16F2N4/c1-7-4-12(17)10(5-11(7)16)13-14-15(19-6-18-13)21-9(3)8(2)20-14/h4-6,8-9,20H,1-3H3,(H,18,19,21). The minimum absolute atomic E-state index is 0.126. The number of aryl methyl sites for hydroxylation is 1. The molecule has 0 fully saturated rings. The molecular weight excluding hydrogens is 274 g/mol. The van der Waals surface area contributed by atoms with Crippen LogP contribution in [0.25, 0.3) is 11.3 Å². The van der Waals surface area contributed by atoms with E-state index in [0.717, 1.165) is 0 Å². The van der Waals surface area contributed by atoms with Gasteiger partial charge in [0, 0.05) is 17.6 Å². The van der Waals surface area contributed by atoms with Gasteiger partial charge in [-0.05, 0) is 38.5 Å². The van der Waals surface area contributed by atoms with Crippen molar-refractivity contribution in [2.24, 2.45) is 0 Å². The first-order valence-electron chi connectivity index (χ1n) is 6.81. The van der Waals surface area contributed by atoms with Crippen LogP contribution >= 0.6 is 0 Å². The van der Waals surface area contributed by atoms with E-state index in [1.54, 1.807) is 0 Å². The van der Waals surface area contributed by atoms with E-state index in [1.807, 2.05) is 13.8 Å². The predicted molar refractivity (Wildman–Crippen MR) is 78.3 cm³/mol. The van der Waals surface area contributed by atoms with Crippen LogP contribution < -0.4 is 10.6 Å². The molecule has 110 valence electrons. The third kappa shape index (κ3) is 2.30. The van der Waals surface area contributed by atoms with Gasteiger partial charge in [0.1, 0.15) is 29.3 Å². The van der Waals surface area contributed by atoms with Crippen LogP contribution in [0.2, 0.25) is 0 Å². The van der Waals surface area contributed by atoms with Gasteiger partial charge in [-0.2, -0.15) is 0 Å². The highest BCUT2D eigenvalue weighted by atomic mass is 19.1. The molecule has 3 rings (SSSR count). The summed E-state index contributed by atoms with van der Waals surface area (Å²) >= 11 is 0. The maximum Gasteiger partial charge on any atom is 0.153 e. The molecule has 0 amide bonds. The lowest BCUT2D eigenvalue weighted by Crippen LogP contribution is -2.39. The van der Waals surface area contributed by atoms with Crippen LogP contribution in [0.15, 0.2) is 18.5 Å². The van der Waals surface area contributed by atoms with Gasteiger partial charge < -0.3 is 10.6 Å². The van der Waals surface area contributed by atoms with Crippen molar-refractivity contribution in [2.45, 2.75) is 32.9 Å². The van der Waals surface area contributed by atoms with Gasteiger partial charge in [-0.3, -0.25) is 0 Å². The molecule has 1 aliphatic heterocycles. The van der Waals surface area contributed by atoms with Crippen LogP contribution in [0.1, 0.15) is 19.4 Å². The average Bonchev–Trinajstić information content (AvgIpc) is 2.44. The average molecular weight is 290 g/mol. The first-order chi connectivity index (χ1) is 9.97. The Morgan fingerprint density at radius 2 is 1.71 bits per heavy atom. The molecule has 0 aliphatic carbocycles. The molecule has 2 N–H and O–H groups in total. The summed E-state index contributed by atoms with van der Waals surface area (Å²) in [6, 6.07) is 2.67. The lowest BCUT2D eigenvalue weighted by atomic mass is 10.0. The van der Waals surface area contributed by atoms with E-state index >= 15 is 0 Å². The maximum absolute atomic E-state index is 14.2. The summed E-state index contributed by atoms with van der Waals surface area (Å²) in [4.78, 5) is 8.29. The Hall–Kier alpha value is -2.24. The van der Waals surface area contributed by atoms with Gasteiger partial charge in [0.25, 0.3) is 0 Å². The molecule has 0 saturated heterocycles. The molecule has 1 aliphatic rings. The van der Waals surface area contributed by atoms with Gasteiger partial charge in [-0.1, -0.05) is 0 Å². The van der Waals surface area contributed by atoms with E-state index in [2.05, 4.69) is 20.6 Å². The van der Waals surface area contributed by atoms with Crippen LogP contribution in [0.4, 0.5) is 20.3 Å². The van der Waals surface area contributed by atoms with Crippen molar-refractivity contribution in [3.63, 3.8) is 0 Å². The van der Waals surface area contributed by atoms with Crippen LogP contribution in [-0.4, -0.2) is 22.1 Å². The zero-order valence-electron chi connectivity index (χ0n) is 12.0. The fourth-order valence-electron chi connectivity index (χ4n) is 2.36. The van der Waals surface area contributed by atoms with Crippen LogP contribution in [0.5, 0.6) is 0 Å². The largest absolute Gasteiger partial charge is 0.376 e. The summed E-state index contributed by atoms with van der Waals surface area (Å²) in [6.45, 7) is 5.55. The van der Waals surface area contributed by atoms with Crippen molar-refractivity contribution in [1.29, 1.82) is 0 Å². The van der Waals surface area contributed by atoms with Gasteiger partial charge in [-0.25, -0.2) is 18.7 Å². The van der Waals surface area contributed by atoms with Gasteiger partial charge in [0.15, 0.2) is 5.82 Å². The van der Waals surface area contributed by atoms with Crippen LogP contribution in [-0.2, 0) is 0 Å². The van der Waals surface area contributed by atoms with Crippen molar-refractivity contribution in [3.05, 3.63) is 35.7 Å². The zero-order valence-corrected chi connectivity index (χ0v) is 12.0. The number of nitrogens with zero attached hydrogens (tertiary/aromatic N) is 2. The van der Waals surface area contributed by atoms with Crippen LogP contribution in [0, 0.1) is 18.6 Å². The Labute approximate surface area is 121 Å². The number of benzene rings is 1. The van der Waals surface area contributed by atoms with E-state index in [1.165, 1.54) is 25.4 Å². The number of anilines is 2. The highest BCUT2D eigenvalue weighted by Gasteiger charge is 2.26. The molecule has 2 atom stereocenters. The molecule has 0 bridgehead atoms. The predicted octanol–water partition coefficient (Wildman–Crippen LogP) is 3.34. The Morgan fingerprint density at radius 3 is 2.48 bits per heavy atom. The lowest BCUT2D eigenvalue weighted by molar-refractivity contribution is 0.594. The Balaban J connectivity index is 2.17. The molecule has 0 saturated carbocycles. The second kappa shape index (κ2) is 4.95. The SMILES string of the molecule is Cc1cc(F)c(-c2ncnc3c2NC(C)C(C)N3)cc1F. The minimum Gasteiger partial charge on any atom is -0.376 e. The fourth-order valence-corrected chi connectivity index (χ4v) is 2.36. The Morgan fingerprint density at radius 1 is 1.00 bits per heavy atom. The van der Waals surface area contributed by atoms with E-state index in [4.69, 9.17) is 0 Å². The van der Waals surface area contributed by atoms with E-state index in [9.17, 15) is 8.78 Å². The summed E-state index contributed by atoms with van der Waals surface area (Å²) in [6.07, 6.45) is 1.35. The van der Waals surface area contributed by atoms with E-state index in [0.29, 0.717) is 17.2 Å². The molecule has 2 aromatic rings. The first-order valence-corrected chi connectivity index (χ1v) is 6.81. The highest BCUT2D eigenvalue weighted by Crippen LogP contribution is 2.36. The summed E-state index contributed by atoms with van der Waals surface area (Å²) in [7, 11) is 0. The maximum atomic E-state index is 14.2. The number of aromatic nitrogens is 2. The normalized spacial score (nSPS) is 20.4. The van der Waals surface area contributed by atoms with E-state index in [-0.39, 0.29) is 23.2 Å². The molecule has 2 unspecified atom stereocenters. The van der Waals surface area contributed by atoms with E-state index < -0.39 is 11.6 Å². The molecule has 6 heteroatoms. The van der Waals surface area contributed by atoms with Gasteiger partial charge in [0.05, 0.1) is 0 Å². The quantitative estimate of drug-likeness (QED) is 0.845. The topological polar surface area (TPSA) is 49.8 Å². The van der Waals surface area contributed by atoms with Crippen molar-refractivity contribution in [2.75, 3.05) is 10.6 Å². The minimum atomic E-state index is -0.497. The summed E-state index contributed by atoms with van der Waals surface area (Å²) in [5, 5.41) is 6.50. The van der Waals surface area contributed by atoms with Crippen molar-refractivity contribution >= 4 is 11.5 Å². The third-order valence-electron chi connectivity index (χ3n) is 3.84. The van der Waals surface area contributed by atoms with Crippen LogP contribution in [0.3, 0.4) is 0 Å². The summed E-state index contributed by atoms with van der Waals surface area (Å²) in [5.41, 5.74) is 1.37. The van der Waals surface area contributed by atoms with Gasteiger partial charge in [0.2, 0.25) is 0 Å². The molecule has 2 heterocycles. The number of hydrogen-bond acceptors (Lipinski definition) is 4. The first kappa shape index (κ1) is 13.7. The highest BCUT2D eigenvalue weighted by molar-refractivity contribution is 5.84. The Kier molecular flexibility index (Phi) is 3.23. The second-order valence-electron chi connectivity index (χ2n) is 5.39. The molecular formula is C15H16F2N4. The smallest absolute Gasteiger partial charge is 0.153 e. The van der Waals surface area contributed by atoms with Crippen molar-refractivity contribution in [1.82, 2.24) is 9.97 Å². The lowest BCUT2D eigenvalue weighted by Gasteiger charge is -2.31. The number of rotatable bonds is 1. The number of hydrogen-bond donors (Lipinski definition) is 2. The Bertz CT molecular complexity index is 702. The number of nitrogens with one attached hydrogen (secondary N) is 2. The number of fused-ring (bicyclic) bond motifs is 1. The number of halogens is 2. The molecule has 0 radical (unpaired) electrons. The monoisotopic (exact) mass is 290 g/mol. The van der Waals surface area contributed by atoms with Crippen molar-refractivity contribution < 1.29 is 8.78 Å². The molecule has 21 heavy (non-hydrogen) atoms. The molecule has 1 aromatic heterocycles. The van der Waals surface area contributed by atoms with Crippen molar-refractivity contribution in [3.8, 4) is 11.3 Å². The third-order valence-corrected chi connectivity index (χ3v) is 3.84. The second-order valence-corrected chi connectivity index (χ2v) is 5.39. The summed E-state index contributed by atoms with van der Waals surface area (Å²) < 4.78 is 28.0. The fraction of sp³-hybridized carbons (Fsp3) is 0.333. The van der Waals surface area contributed by atoms with Gasteiger partial charge in [-0.15, -0.1) is 0 Å². The van der Waals surface area contributed by atoms with Gasteiger partial charge >= 0.3 is 0 Å². The molecule has 0 spiro atoms. The zero-order chi connectivity index (χ0) is 15.1. The molecule has 4 nitrogen and oxygen atoms in total.